The minimum Gasteiger partial charge on any atom is -0.327 e. The second kappa shape index (κ2) is 2.49. The Morgan fingerprint density at radius 1 is 1.73 bits per heavy atom. The van der Waals surface area contributed by atoms with Crippen LogP contribution in [0.15, 0.2) is 12.4 Å². The molecule has 0 bridgehead atoms. The van der Waals surface area contributed by atoms with Gasteiger partial charge in [-0.1, -0.05) is 0 Å². The van der Waals surface area contributed by atoms with E-state index in [-0.39, 0.29) is 0 Å². The summed E-state index contributed by atoms with van der Waals surface area (Å²) in [5.74, 6) is 0. The molecule has 3 nitrogen and oxygen atoms in total. The van der Waals surface area contributed by atoms with Crippen molar-refractivity contribution in [1.82, 2.24) is 9.78 Å². The highest BCUT2D eigenvalue weighted by Crippen LogP contribution is 2.41. The fourth-order valence-corrected chi connectivity index (χ4v) is 2.59. The lowest BCUT2D eigenvalue weighted by Crippen LogP contribution is -2.23. The van der Waals surface area contributed by atoms with Gasteiger partial charge >= 0.3 is 0 Å². The van der Waals surface area contributed by atoms with Crippen molar-refractivity contribution in [2.24, 2.45) is 0 Å². The highest BCUT2D eigenvalue weighted by atomic mass is 31.1. The van der Waals surface area contributed by atoms with E-state index in [4.69, 9.17) is 0 Å². The Bertz CT molecular complexity index is 286. The zero-order valence-corrected chi connectivity index (χ0v) is 7.45. The molecule has 0 radical (unpaired) electrons. The second-order valence-corrected chi connectivity index (χ2v) is 4.99. The van der Waals surface area contributed by atoms with E-state index in [0.29, 0.717) is 6.04 Å². The Morgan fingerprint density at radius 2 is 2.45 bits per heavy atom. The first-order chi connectivity index (χ1) is 5.25. The van der Waals surface area contributed by atoms with Gasteiger partial charge in [0.25, 0.3) is 0 Å². The molecule has 0 amide bonds. The van der Waals surface area contributed by atoms with Crippen molar-refractivity contribution in [3.05, 3.63) is 18.0 Å². The maximum Gasteiger partial charge on any atom is 0.0804 e. The first-order valence-corrected chi connectivity index (χ1v) is 5.60. The second-order valence-electron chi connectivity index (χ2n) is 3.10. The van der Waals surface area contributed by atoms with Gasteiger partial charge in [0.05, 0.1) is 20.0 Å². The summed E-state index contributed by atoms with van der Waals surface area (Å²) in [7, 11) is -1.19. The fraction of sp³-hybridized carbons (Fsp3) is 0.571. The summed E-state index contributed by atoms with van der Waals surface area (Å²) in [6, 6.07) is 0.426. The van der Waals surface area contributed by atoms with E-state index in [0.717, 1.165) is 12.3 Å². The van der Waals surface area contributed by atoms with E-state index in [1.165, 1.54) is 5.56 Å². The zero-order chi connectivity index (χ0) is 7.84. The predicted octanol–water partition coefficient (Wildman–Crippen LogP) is 1.31. The van der Waals surface area contributed by atoms with Crippen molar-refractivity contribution in [2.75, 3.05) is 12.3 Å². The van der Waals surface area contributed by atoms with Crippen LogP contribution in [0, 0.1) is 6.92 Å². The largest absolute Gasteiger partial charge is 0.327 e. The Balaban J connectivity index is 2.12. The highest BCUT2D eigenvalue weighted by molar-refractivity contribution is 7.46. The summed E-state index contributed by atoms with van der Waals surface area (Å²) < 4.78 is 12.8. The van der Waals surface area contributed by atoms with Gasteiger partial charge in [-0.2, -0.15) is 5.10 Å². The number of hydrogen-bond acceptors (Lipinski definition) is 2. The molecule has 4 heteroatoms. The van der Waals surface area contributed by atoms with Crippen LogP contribution in [-0.2, 0) is 4.57 Å². The molecule has 11 heavy (non-hydrogen) atoms. The van der Waals surface area contributed by atoms with Crippen LogP contribution in [0.3, 0.4) is 0 Å². The van der Waals surface area contributed by atoms with Crippen LogP contribution in [0.2, 0.25) is 0 Å². The highest BCUT2D eigenvalue weighted by Gasteiger charge is 2.26. The minimum absolute atomic E-state index is 0.426. The molecule has 1 aliphatic heterocycles. The molecule has 0 saturated carbocycles. The molecule has 0 aliphatic carbocycles. The van der Waals surface area contributed by atoms with Crippen LogP contribution in [0.4, 0.5) is 0 Å². The quantitative estimate of drug-likeness (QED) is 0.595. The molecule has 0 spiro atoms. The molecule has 2 heterocycles. The Hall–Kier alpha value is -0.560. The number of hydrogen-bond donors (Lipinski definition) is 0. The first kappa shape index (κ1) is 7.11. The van der Waals surface area contributed by atoms with Gasteiger partial charge in [-0.3, -0.25) is 4.68 Å². The summed E-state index contributed by atoms with van der Waals surface area (Å²) in [6.45, 7) is 2.02. The van der Waals surface area contributed by atoms with Gasteiger partial charge in [-0.05, 0) is 12.5 Å². The molecule has 0 aromatic carbocycles. The van der Waals surface area contributed by atoms with Crippen molar-refractivity contribution in [2.45, 2.75) is 13.0 Å². The van der Waals surface area contributed by atoms with Crippen LogP contribution >= 0.6 is 7.80 Å². The van der Waals surface area contributed by atoms with Gasteiger partial charge in [-0.25, -0.2) is 0 Å². The summed E-state index contributed by atoms with van der Waals surface area (Å²) in [5, 5.41) is 4.17. The van der Waals surface area contributed by atoms with Gasteiger partial charge < -0.3 is 4.57 Å². The first-order valence-electron chi connectivity index (χ1n) is 3.78. The molecule has 0 unspecified atom stereocenters. The molecule has 1 aromatic rings. The normalized spacial score (nSPS) is 29.9. The van der Waals surface area contributed by atoms with E-state index in [1.807, 2.05) is 24.0 Å². The maximum atomic E-state index is 10.8. The molecule has 1 fully saturated rings. The third-order valence-electron chi connectivity index (χ3n) is 2.03. The van der Waals surface area contributed by atoms with Crippen LogP contribution in [0.1, 0.15) is 11.6 Å². The fourth-order valence-electron chi connectivity index (χ4n) is 1.29. The molecule has 60 valence electrons. The van der Waals surface area contributed by atoms with Gasteiger partial charge in [0.15, 0.2) is 0 Å². The van der Waals surface area contributed by atoms with Crippen molar-refractivity contribution < 1.29 is 4.57 Å². The lowest BCUT2D eigenvalue weighted by Gasteiger charge is -2.25. The molecular weight excluding hydrogens is 159 g/mol. The van der Waals surface area contributed by atoms with E-state index in [1.54, 1.807) is 0 Å². The van der Waals surface area contributed by atoms with Crippen molar-refractivity contribution >= 4 is 7.80 Å². The molecule has 1 aliphatic rings. The lowest BCUT2D eigenvalue weighted by atomic mass is 10.4. The third-order valence-corrected chi connectivity index (χ3v) is 3.88. The molecule has 0 atom stereocenters. The standard InChI is InChI=1S/C7H11N2OP/c1-6-2-8-9(3-6)7-4-11(10)5-7/h2-3,7,11H,4-5H2,1H3. The SMILES string of the molecule is Cc1cnn(C2C[PH](=O)C2)c1. The Labute approximate surface area is 66.2 Å². The number of aryl methyl sites for hydroxylation is 1. The monoisotopic (exact) mass is 170 g/mol. The van der Waals surface area contributed by atoms with Gasteiger partial charge in [0, 0.05) is 18.5 Å². The van der Waals surface area contributed by atoms with Gasteiger partial charge in [-0.15, -0.1) is 0 Å². The molecule has 1 aromatic heterocycles. The van der Waals surface area contributed by atoms with Crippen molar-refractivity contribution in [3.63, 3.8) is 0 Å². The number of rotatable bonds is 1. The van der Waals surface area contributed by atoms with Gasteiger partial charge in [0.1, 0.15) is 0 Å². The molecular formula is C7H11N2OP. The zero-order valence-electron chi connectivity index (χ0n) is 6.45. The number of nitrogens with zero attached hydrogens (tertiary/aromatic N) is 2. The van der Waals surface area contributed by atoms with Crippen LogP contribution in [-0.4, -0.2) is 22.1 Å². The van der Waals surface area contributed by atoms with Crippen molar-refractivity contribution in [3.8, 4) is 0 Å². The average molecular weight is 170 g/mol. The van der Waals surface area contributed by atoms with E-state index < -0.39 is 7.80 Å². The summed E-state index contributed by atoms with van der Waals surface area (Å²) >= 11 is 0. The van der Waals surface area contributed by atoms with E-state index in [2.05, 4.69) is 5.10 Å². The predicted molar refractivity (Wildman–Crippen MR) is 44.7 cm³/mol. The van der Waals surface area contributed by atoms with Crippen LogP contribution in [0.5, 0.6) is 0 Å². The van der Waals surface area contributed by atoms with Crippen LogP contribution in [0.25, 0.3) is 0 Å². The Kier molecular flexibility index (Phi) is 1.61. The molecule has 2 rings (SSSR count). The summed E-state index contributed by atoms with van der Waals surface area (Å²) in [4.78, 5) is 0. The minimum atomic E-state index is -1.19. The number of aromatic nitrogens is 2. The lowest BCUT2D eigenvalue weighted by molar-refractivity contribution is 0.484. The van der Waals surface area contributed by atoms with E-state index >= 15 is 0 Å². The van der Waals surface area contributed by atoms with E-state index in [9.17, 15) is 4.57 Å². The smallest absolute Gasteiger partial charge is 0.0804 e. The van der Waals surface area contributed by atoms with Crippen molar-refractivity contribution in [1.29, 1.82) is 0 Å². The summed E-state index contributed by atoms with van der Waals surface area (Å²) in [5.41, 5.74) is 1.18. The molecule has 1 saturated heterocycles. The Morgan fingerprint density at radius 3 is 2.91 bits per heavy atom. The van der Waals surface area contributed by atoms with Gasteiger partial charge in [0.2, 0.25) is 0 Å². The maximum absolute atomic E-state index is 10.8. The summed E-state index contributed by atoms with van der Waals surface area (Å²) in [6.07, 6.45) is 5.56. The molecule has 0 N–H and O–H groups in total. The third kappa shape index (κ3) is 1.25. The average Bonchev–Trinajstić information content (AvgIpc) is 2.29. The van der Waals surface area contributed by atoms with Crippen LogP contribution < -0.4 is 0 Å². The topological polar surface area (TPSA) is 34.9 Å².